The number of nitrogens with zero attached hydrogens (tertiary/aromatic N) is 3. The van der Waals surface area contributed by atoms with Gasteiger partial charge in [-0.15, -0.1) is 0 Å². The predicted molar refractivity (Wildman–Crippen MR) is 117 cm³/mol. The van der Waals surface area contributed by atoms with Gasteiger partial charge in [0.1, 0.15) is 5.71 Å². The summed E-state index contributed by atoms with van der Waals surface area (Å²) in [5.74, 6) is -0.536. The number of carbonyl (C=O) groups excluding carboxylic acids is 1. The molecule has 5 heteroatoms. The van der Waals surface area contributed by atoms with Crippen molar-refractivity contribution in [2.75, 3.05) is 33.2 Å². The quantitative estimate of drug-likeness (QED) is 0.220. The van der Waals surface area contributed by atoms with Gasteiger partial charge in [-0.2, -0.15) is 0 Å². The van der Waals surface area contributed by atoms with Crippen molar-refractivity contribution in [3.8, 4) is 0 Å². The van der Waals surface area contributed by atoms with Crippen molar-refractivity contribution in [2.45, 2.75) is 47.0 Å². The van der Waals surface area contributed by atoms with E-state index in [1.165, 1.54) is 0 Å². The van der Waals surface area contributed by atoms with Crippen molar-refractivity contribution in [2.24, 2.45) is 4.99 Å². The summed E-state index contributed by atoms with van der Waals surface area (Å²) in [5.41, 5.74) is 0.912. The van der Waals surface area contributed by atoms with Crippen molar-refractivity contribution >= 4 is 11.6 Å². The largest absolute Gasteiger partial charge is 0.300 e. The van der Waals surface area contributed by atoms with Crippen molar-refractivity contribution in [3.63, 3.8) is 0 Å². The molecule has 0 bridgehead atoms. The minimum absolute atomic E-state index is 0.0413. The Labute approximate surface area is 166 Å². The van der Waals surface area contributed by atoms with E-state index in [1.54, 1.807) is 31.4 Å². The summed E-state index contributed by atoms with van der Waals surface area (Å²) in [6.45, 7) is 18.5. The van der Waals surface area contributed by atoms with E-state index in [1.807, 2.05) is 19.9 Å². The maximum atomic E-state index is 12.3. The summed E-state index contributed by atoms with van der Waals surface area (Å²) < 4.78 is 0. The summed E-state index contributed by atoms with van der Waals surface area (Å²) in [6.07, 6.45) is 11.9. The van der Waals surface area contributed by atoms with Gasteiger partial charge >= 0.3 is 0 Å². The minimum Gasteiger partial charge on any atom is -0.300 e. The molecule has 0 aliphatic carbocycles. The number of unbranched alkanes of at least 4 members (excludes halogenated alkanes) is 1. The Hall–Kier alpha value is -1.98. The van der Waals surface area contributed by atoms with E-state index in [-0.39, 0.29) is 12.3 Å². The van der Waals surface area contributed by atoms with Crippen LogP contribution in [0.2, 0.25) is 0 Å². The van der Waals surface area contributed by atoms with Gasteiger partial charge in [-0.1, -0.05) is 71.6 Å². The van der Waals surface area contributed by atoms with Crippen molar-refractivity contribution < 1.29 is 10.0 Å². The molecule has 0 rings (SSSR count). The van der Waals surface area contributed by atoms with E-state index in [0.29, 0.717) is 10.6 Å². The molecule has 0 aromatic rings. The predicted octanol–water partition coefficient (Wildman–Crippen LogP) is 4.67. The molecule has 0 aromatic heterocycles. The molecule has 0 saturated heterocycles. The second-order valence-electron chi connectivity index (χ2n) is 5.71. The highest BCUT2D eigenvalue weighted by atomic mass is 16.5. The normalized spacial score (nSPS) is 12.0. The van der Waals surface area contributed by atoms with Gasteiger partial charge in [0.05, 0.1) is 6.54 Å². The zero-order valence-electron chi connectivity index (χ0n) is 17.9. The number of amides is 1. The topological polar surface area (TPSA) is 56.1 Å². The number of rotatable bonds is 13. The van der Waals surface area contributed by atoms with Gasteiger partial charge in [0.15, 0.2) is 0 Å². The molecule has 0 aliphatic heterocycles. The molecule has 0 radical (unpaired) electrons. The average Bonchev–Trinajstić information content (AvgIpc) is 2.69. The molecule has 0 saturated carbocycles. The van der Waals surface area contributed by atoms with Gasteiger partial charge in [0.2, 0.25) is 0 Å². The molecular formula is C22H39N3O2. The lowest BCUT2D eigenvalue weighted by Crippen LogP contribution is -2.34. The zero-order valence-corrected chi connectivity index (χ0v) is 17.9. The number of allylic oxidation sites excluding steroid dienone is 2. The lowest BCUT2D eigenvalue weighted by Gasteiger charge is -2.19. The maximum Gasteiger partial charge on any atom is 0.295 e. The first-order valence-electron chi connectivity index (χ1n) is 9.84. The molecule has 0 fully saturated rings. The van der Waals surface area contributed by atoms with Gasteiger partial charge in [-0.3, -0.25) is 19.9 Å². The summed E-state index contributed by atoms with van der Waals surface area (Å²) in [7, 11) is 1.54. The van der Waals surface area contributed by atoms with Crippen molar-refractivity contribution in [1.82, 2.24) is 9.96 Å². The molecule has 27 heavy (non-hydrogen) atoms. The highest BCUT2D eigenvalue weighted by Gasteiger charge is 2.16. The third kappa shape index (κ3) is 12.9. The molecule has 154 valence electrons. The van der Waals surface area contributed by atoms with Gasteiger partial charge < -0.3 is 0 Å². The van der Waals surface area contributed by atoms with Crippen LogP contribution in [0.3, 0.4) is 0 Å². The third-order valence-corrected chi connectivity index (χ3v) is 3.63. The monoisotopic (exact) mass is 377 g/mol. The van der Waals surface area contributed by atoms with Gasteiger partial charge in [-0.25, -0.2) is 5.06 Å². The van der Waals surface area contributed by atoms with Gasteiger partial charge in [0.25, 0.3) is 5.91 Å². The fourth-order valence-electron chi connectivity index (χ4n) is 2.26. The molecule has 0 aliphatic rings. The Morgan fingerprint density at radius 1 is 1.15 bits per heavy atom. The first-order chi connectivity index (χ1) is 13.0. The Kier molecular flexibility index (Phi) is 19.0. The van der Waals surface area contributed by atoms with Crippen LogP contribution in [0, 0.1) is 0 Å². The smallest absolute Gasteiger partial charge is 0.295 e. The Balaban J connectivity index is 0. The van der Waals surface area contributed by atoms with E-state index >= 15 is 0 Å². The highest BCUT2D eigenvalue weighted by Crippen LogP contribution is 2.02. The van der Waals surface area contributed by atoms with Crippen LogP contribution in [-0.2, 0) is 4.79 Å². The van der Waals surface area contributed by atoms with Crippen molar-refractivity contribution in [1.29, 1.82) is 0 Å². The molecule has 0 heterocycles. The Morgan fingerprint density at radius 2 is 1.81 bits per heavy atom. The summed E-state index contributed by atoms with van der Waals surface area (Å²) >= 11 is 0. The number of hydrogen-bond donors (Lipinski definition) is 1. The van der Waals surface area contributed by atoms with E-state index in [9.17, 15) is 10.0 Å². The summed E-state index contributed by atoms with van der Waals surface area (Å²) in [6, 6.07) is 0. The van der Waals surface area contributed by atoms with E-state index in [4.69, 9.17) is 0 Å². The second kappa shape index (κ2) is 18.8. The number of carbonyl (C=O) groups is 1. The number of aliphatic imine (C=N–C) groups is 1. The van der Waals surface area contributed by atoms with Crippen LogP contribution < -0.4 is 0 Å². The number of hydroxylamine groups is 2. The zero-order chi connectivity index (χ0) is 21.1. The summed E-state index contributed by atoms with van der Waals surface area (Å²) in [5, 5.41) is 10.6. The fraction of sp³-hybridized carbons (Fsp3) is 0.545. The molecule has 1 amide bonds. The molecule has 0 unspecified atom stereocenters. The van der Waals surface area contributed by atoms with Crippen molar-refractivity contribution in [3.05, 3.63) is 49.1 Å². The fourth-order valence-corrected chi connectivity index (χ4v) is 2.26. The molecule has 0 aromatic carbocycles. The lowest BCUT2D eigenvalue weighted by molar-refractivity contribution is -0.154. The molecule has 1 N–H and O–H groups in total. The highest BCUT2D eigenvalue weighted by molar-refractivity contribution is 6.43. The minimum atomic E-state index is -0.536. The van der Waals surface area contributed by atoms with E-state index in [2.05, 4.69) is 36.9 Å². The molecule has 0 atom stereocenters. The van der Waals surface area contributed by atoms with Crippen LogP contribution in [0.1, 0.15) is 47.0 Å². The third-order valence-electron chi connectivity index (χ3n) is 3.63. The van der Waals surface area contributed by atoms with Crippen LogP contribution in [0.4, 0.5) is 0 Å². The standard InChI is InChI=1S/C20H33N3O2.C2H6/c1-6-10-15-22(14-8-3)16-11-13-19(21-5)20(24)23(25)17-18(9-4)12-7-2;1-2/h7,9,11-13,25H,2,4,6,8,10,14-17H2,1,3,5H3;1-2H3/b13-11-,18-12+,21-19?;. The lowest BCUT2D eigenvalue weighted by atomic mass is 10.2. The van der Waals surface area contributed by atoms with Crippen LogP contribution in [-0.4, -0.2) is 60.0 Å². The SMILES string of the molecule is C=C/C=C(\C=C)CN(O)C(=O)C(/C=C\CN(CCC)CCCC)=NC.CC. The maximum absolute atomic E-state index is 12.3. The Morgan fingerprint density at radius 3 is 2.30 bits per heavy atom. The molecular weight excluding hydrogens is 338 g/mol. The Bertz CT molecular complexity index is 508. The average molecular weight is 378 g/mol. The van der Waals surface area contributed by atoms with E-state index in [0.717, 1.165) is 38.9 Å². The van der Waals surface area contributed by atoms with Gasteiger partial charge in [0, 0.05) is 13.6 Å². The molecule has 5 nitrogen and oxygen atoms in total. The second-order valence-corrected chi connectivity index (χ2v) is 5.71. The summed E-state index contributed by atoms with van der Waals surface area (Å²) in [4.78, 5) is 18.6. The van der Waals surface area contributed by atoms with Crippen LogP contribution in [0.5, 0.6) is 0 Å². The van der Waals surface area contributed by atoms with E-state index < -0.39 is 5.91 Å². The van der Waals surface area contributed by atoms with Crippen LogP contribution >= 0.6 is 0 Å². The number of hydrogen-bond acceptors (Lipinski definition) is 4. The van der Waals surface area contributed by atoms with Gasteiger partial charge in [-0.05, 0) is 37.6 Å². The van der Waals surface area contributed by atoms with Crippen LogP contribution in [0.15, 0.2) is 54.1 Å². The van der Waals surface area contributed by atoms with Crippen LogP contribution in [0.25, 0.3) is 0 Å². The first kappa shape index (κ1) is 27.2. The molecule has 0 spiro atoms. The first-order valence-corrected chi connectivity index (χ1v) is 9.84.